The lowest BCUT2D eigenvalue weighted by atomic mass is 10.2. The molecule has 0 atom stereocenters. The van der Waals surface area contributed by atoms with E-state index in [2.05, 4.69) is 20.9 Å². The van der Waals surface area contributed by atoms with Gasteiger partial charge in [-0.05, 0) is 27.6 Å². The second-order valence-electron chi connectivity index (χ2n) is 2.04. The molecule has 1 aromatic heterocycles. The molecule has 0 saturated carbocycles. The first-order valence-electron chi connectivity index (χ1n) is 2.98. The molecule has 56 valence electrons. The number of nitriles is 1. The highest BCUT2D eigenvalue weighted by atomic mass is 79.9. The van der Waals surface area contributed by atoms with Crippen molar-refractivity contribution in [2.75, 3.05) is 0 Å². The smallest absolute Gasteiger partial charge is 0.249 e. The van der Waals surface area contributed by atoms with Crippen LogP contribution in [-0.4, -0.2) is 4.98 Å². The van der Waals surface area contributed by atoms with E-state index < -0.39 is 0 Å². The standard InChI is InChI=1S/C7H5BrN2O/c8-6-3-5(1-2-9)4-7(11)10-6/h3-4H,1H2,(H,10,11). The third-order valence-electron chi connectivity index (χ3n) is 1.15. The van der Waals surface area contributed by atoms with Crippen LogP contribution < -0.4 is 5.56 Å². The van der Waals surface area contributed by atoms with Crippen LogP contribution in [0.2, 0.25) is 0 Å². The van der Waals surface area contributed by atoms with Crippen molar-refractivity contribution in [1.82, 2.24) is 4.98 Å². The number of halogens is 1. The van der Waals surface area contributed by atoms with Crippen LogP contribution in [0.25, 0.3) is 0 Å². The van der Waals surface area contributed by atoms with Crippen LogP contribution in [-0.2, 0) is 6.42 Å². The van der Waals surface area contributed by atoms with E-state index in [1.165, 1.54) is 6.07 Å². The van der Waals surface area contributed by atoms with Crippen LogP contribution in [0.5, 0.6) is 0 Å². The maximum Gasteiger partial charge on any atom is 0.249 e. The molecule has 0 amide bonds. The van der Waals surface area contributed by atoms with Crippen molar-refractivity contribution in [2.24, 2.45) is 0 Å². The van der Waals surface area contributed by atoms with Gasteiger partial charge in [-0.15, -0.1) is 0 Å². The first-order chi connectivity index (χ1) is 5.22. The van der Waals surface area contributed by atoms with Gasteiger partial charge in [0.15, 0.2) is 0 Å². The first-order valence-corrected chi connectivity index (χ1v) is 3.77. The number of aromatic nitrogens is 1. The van der Waals surface area contributed by atoms with E-state index in [9.17, 15) is 4.79 Å². The molecule has 0 bridgehead atoms. The van der Waals surface area contributed by atoms with Gasteiger partial charge in [0, 0.05) is 6.07 Å². The summed E-state index contributed by atoms with van der Waals surface area (Å²) < 4.78 is 0.607. The van der Waals surface area contributed by atoms with Crippen molar-refractivity contribution in [2.45, 2.75) is 6.42 Å². The molecule has 4 heteroatoms. The van der Waals surface area contributed by atoms with E-state index >= 15 is 0 Å². The van der Waals surface area contributed by atoms with Gasteiger partial charge in [-0.3, -0.25) is 4.79 Å². The van der Waals surface area contributed by atoms with Crippen LogP contribution in [0.4, 0.5) is 0 Å². The second-order valence-corrected chi connectivity index (χ2v) is 2.89. The Bertz CT molecular complexity index is 350. The molecular formula is C7H5BrN2O. The van der Waals surface area contributed by atoms with Crippen molar-refractivity contribution in [3.8, 4) is 6.07 Å². The summed E-state index contributed by atoms with van der Waals surface area (Å²) in [5, 5.41) is 8.32. The number of nitrogens with one attached hydrogen (secondary N) is 1. The van der Waals surface area contributed by atoms with Crippen molar-refractivity contribution < 1.29 is 0 Å². The Morgan fingerprint density at radius 3 is 2.91 bits per heavy atom. The molecule has 11 heavy (non-hydrogen) atoms. The molecule has 0 aliphatic rings. The van der Waals surface area contributed by atoms with Gasteiger partial charge in [0.25, 0.3) is 0 Å². The number of aromatic amines is 1. The lowest BCUT2D eigenvalue weighted by Gasteiger charge is -1.93. The molecule has 1 rings (SSSR count). The van der Waals surface area contributed by atoms with Crippen LogP contribution in [0, 0.1) is 11.3 Å². The molecule has 0 aliphatic carbocycles. The highest BCUT2D eigenvalue weighted by Gasteiger charge is 1.94. The number of nitrogens with zero attached hydrogens (tertiary/aromatic N) is 1. The number of pyridine rings is 1. The number of hydrogen-bond donors (Lipinski definition) is 1. The maximum absolute atomic E-state index is 10.8. The molecule has 1 aromatic rings. The lowest BCUT2D eigenvalue weighted by Crippen LogP contribution is -2.05. The predicted molar refractivity (Wildman–Crippen MR) is 44.1 cm³/mol. The molecule has 0 aliphatic heterocycles. The highest BCUT2D eigenvalue weighted by Crippen LogP contribution is 2.05. The summed E-state index contributed by atoms with van der Waals surface area (Å²) in [6.45, 7) is 0. The van der Waals surface area contributed by atoms with Gasteiger partial charge in [-0.25, -0.2) is 0 Å². The van der Waals surface area contributed by atoms with Crippen molar-refractivity contribution in [1.29, 1.82) is 5.26 Å². The minimum absolute atomic E-state index is 0.190. The van der Waals surface area contributed by atoms with Crippen molar-refractivity contribution >= 4 is 15.9 Å². The van der Waals surface area contributed by atoms with E-state index in [0.717, 1.165) is 5.56 Å². The average Bonchev–Trinajstić information content (AvgIpc) is 1.85. The lowest BCUT2D eigenvalue weighted by molar-refractivity contribution is 1.14. The SMILES string of the molecule is N#CCc1cc(Br)[nH]c(=O)c1. The first kappa shape index (κ1) is 8.02. The van der Waals surface area contributed by atoms with Gasteiger partial charge in [0.1, 0.15) is 0 Å². The minimum Gasteiger partial charge on any atom is -0.317 e. The quantitative estimate of drug-likeness (QED) is 0.712. The Labute approximate surface area is 71.8 Å². The third-order valence-corrected chi connectivity index (χ3v) is 1.58. The molecule has 0 saturated heterocycles. The van der Waals surface area contributed by atoms with Crippen LogP contribution >= 0.6 is 15.9 Å². The normalized spacial score (nSPS) is 9.09. The highest BCUT2D eigenvalue weighted by molar-refractivity contribution is 9.10. The molecule has 0 unspecified atom stereocenters. The molecule has 0 aromatic carbocycles. The zero-order chi connectivity index (χ0) is 8.27. The Kier molecular flexibility index (Phi) is 2.44. The molecule has 0 radical (unpaired) electrons. The van der Waals surface area contributed by atoms with Crippen LogP contribution in [0.15, 0.2) is 21.5 Å². The molecule has 1 N–H and O–H groups in total. The fourth-order valence-electron chi connectivity index (χ4n) is 0.756. The largest absolute Gasteiger partial charge is 0.317 e. The van der Waals surface area contributed by atoms with Gasteiger partial charge >= 0.3 is 0 Å². The van der Waals surface area contributed by atoms with Gasteiger partial charge in [0.2, 0.25) is 5.56 Å². The number of hydrogen-bond acceptors (Lipinski definition) is 2. The van der Waals surface area contributed by atoms with E-state index in [-0.39, 0.29) is 12.0 Å². The summed E-state index contributed by atoms with van der Waals surface area (Å²) in [7, 11) is 0. The molecular weight excluding hydrogens is 208 g/mol. The topological polar surface area (TPSA) is 56.6 Å². The van der Waals surface area contributed by atoms with Crippen molar-refractivity contribution in [3.63, 3.8) is 0 Å². The molecule has 0 fully saturated rings. The summed E-state index contributed by atoms with van der Waals surface area (Å²) in [5.74, 6) is 0. The third kappa shape index (κ3) is 2.20. The second kappa shape index (κ2) is 3.35. The predicted octanol–water partition coefficient (Wildman–Crippen LogP) is 1.20. The zero-order valence-corrected chi connectivity index (χ0v) is 7.18. The number of rotatable bonds is 1. The number of H-pyrrole nitrogens is 1. The molecule has 3 nitrogen and oxygen atoms in total. The van der Waals surface area contributed by atoms with E-state index in [4.69, 9.17) is 5.26 Å². The zero-order valence-electron chi connectivity index (χ0n) is 5.60. The average molecular weight is 213 g/mol. The summed E-state index contributed by atoms with van der Waals surface area (Å²) in [6.07, 6.45) is 0.266. The van der Waals surface area contributed by atoms with Gasteiger partial charge < -0.3 is 4.98 Å². The Morgan fingerprint density at radius 1 is 1.64 bits per heavy atom. The van der Waals surface area contributed by atoms with Gasteiger partial charge in [0.05, 0.1) is 17.1 Å². The minimum atomic E-state index is -0.190. The Hall–Kier alpha value is -1.08. The fraction of sp³-hybridized carbons (Fsp3) is 0.143. The van der Waals surface area contributed by atoms with Crippen LogP contribution in [0.3, 0.4) is 0 Å². The Balaban J connectivity index is 3.11. The maximum atomic E-state index is 10.8. The van der Waals surface area contributed by atoms with E-state index in [1.807, 2.05) is 6.07 Å². The van der Waals surface area contributed by atoms with Crippen LogP contribution in [0.1, 0.15) is 5.56 Å². The molecule has 1 heterocycles. The fourth-order valence-corrected chi connectivity index (χ4v) is 1.25. The summed E-state index contributed by atoms with van der Waals surface area (Å²) >= 11 is 3.12. The van der Waals surface area contributed by atoms with E-state index in [1.54, 1.807) is 6.07 Å². The van der Waals surface area contributed by atoms with E-state index in [0.29, 0.717) is 4.60 Å². The Morgan fingerprint density at radius 2 is 2.36 bits per heavy atom. The summed E-state index contributed by atoms with van der Waals surface area (Å²) in [5.41, 5.74) is 0.535. The van der Waals surface area contributed by atoms with Gasteiger partial charge in [-0.2, -0.15) is 5.26 Å². The van der Waals surface area contributed by atoms with Crippen molar-refractivity contribution in [3.05, 3.63) is 32.7 Å². The summed E-state index contributed by atoms with van der Waals surface area (Å²) in [6, 6.07) is 5.09. The summed E-state index contributed by atoms with van der Waals surface area (Å²) in [4.78, 5) is 13.3. The van der Waals surface area contributed by atoms with Gasteiger partial charge in [-0.1, -0.05) is 0 Å². The molecule has 0 spiro atoms. The monoisotopic (exact) mass is 212 g/mol.